The first kappa shape index (κ1) is 21.3. The van der Waals surface area contributed by atoms with E-state index in [1.54, 1.807) is 0 Å². The first-order chi connectivity index (χ1) is 13.3. The minimum Gasteiger partial charge on any atom is -0.396 e. The maximum absolute atomic E-state index is 13.1. The Bertz CT molecular complexity index is 666. The number of aliphatic hydroxyl groups is 2. The number of nitrogens with zero attached hydrogens (tertiary/aromatic N) is 1. The molecule has 0 heterocycles. The van der Waals surface area contributed by atoms with Gasteiger partial charge in [-0.15, -0.1) is 0 Å². The van der Waals surface area contributed by atoms with Crippen molar-refractivity contribution in [1.29, 1.82) is 0 Å². The molecule has 0 aromatic heterocycles. The zero-order valence-electron chi connectivity index (χ0n) is 17.4. The molecule has 6 nitrogen and oxygen atoms in total. The van der Waals surface area contributed by atoms with Crippen molar-refractivity contribution in [2.45, 2.75) is 65.2 Å². The lowest BCUT2D eigenvalue weighted by Gasteiger charge is -2.55. The molecule has 3 aliphatic rings. The van der Waals surface area contributed by atoms with Crippen molar-refractivity contribution in [3.8, 4) is 0 Å². The normalized spacial score (nSPS) is 33.3. The number of rotatable bonds is 9. The Hall–Kier alpha value is -1.40. The highest BCUT2D eigenvalue weighted by molar-refractivity contribution is 6.00. The number of aliphatic hydroxyl groups excluding tert-OH is 2. The van der Waals surface area contributed by atoms with Crippen LogP contribution in [0.2, 0.25) is 0 Å². The summed E-state index contributed by atoms with van der Waals surface area (Å²) in [5, 5.41) is 19.5. The van der Waals surface area contributed by atoms with Crippen molar-refractivity contribution in [1.82, 2.24) is 0 Å². The van der Waals surface area contributed by atoms with E-state index in [-0.39, 0.29) is 41.8 Å². The summed E-state index contributed by atoms with van der Waals surface area (Å²) in [5.41, 5.74) is 13.1. The number of carbonyl (C=O) groups excluding carboxylic acids is 1. The van der Waals surface area contributed by atoms with Crippen LogP contribution in [0.1, 0.15) is 65.2 Å². The number of fused-ring (bicyclic) bond motifs is 1. The molecule has 6 N–H and O–H groups in total. The molecule has 0 aliphatic heterocycles. The van der Waals surface area contributed by atoms with Gasteiger partial charge in [0.05, 0.1) is 0 Å². The summed E-state index contributed by atoms with van der Waals surface area (Å²) in [7, 11) is 0. The first-order valence-electron chi connectivity index (χ1n) is 10.8. The molecule has 3 aliphatic carbocycles. The van der Waals surface area contributed by atoms with Gasteiger partial charge in [0.25, 0.3) is 0 Å². The third-order valence-electron chi connectivity index (χ3n) is 8.13. The van der Waals surface area contributed by atoms with E-state index in [0.717, 1.165) is 50.5 Å². The minimum atomic E-state index is -0.134. The molecule has 0 aromatic rings. The van der Waals surface area contributed by atoms with Gasteiger partial charge in [-0.05, 0) is 73.7 Å². The maximum Gasteiger partial charge on any atom is 0.185 e. The zero-order chi connectivity index (χ0) is 20.5. The molecule has 6 heteroatoms. The van der Waals surface area contributed by atoms with Crippen LogP contribution < -0.4 is 11.5 Å². The molecule has 0 amide bonds. The molecule has 2 fully saturated rings. The van der Waals surface area contributed by atoms with Gasteiger partial charge in [-0.1, -0.05) is 19.4 Å². The van der Waals surface area contributed by atoms with Crippen LogP contribution in [0.5, 0.6) is 0 Å². The zero-order valence-corrected chi connectivity index (χ0v) is 17.4. The fraction of sp³-hybridized carbons (Fsp3) is 0.818. The topological polar surface area (TPSA) is 122 Å². The average molecular weight is 392 g/mol. The summed E-state index contributed by atoms with van der Waals surface area (Å²) in [5.74, 6) is 1.45. The van der Waals surface area contributed by atoms with Crippen LogP contribution in [0.4, 0.5) is 0 Å². The van der Waals surface area contributed by atoms with Gasteiger partial charge in [-0.25, -0.2) is 0 Å². The lowest BCUT2D eigenvalue weighted by Crippen LogP contribution is -2.51. The lowest BCUT2D eigenvalue weighted by atomic mass is 9.49. The molecule has 3 rings (SSSR count). The highest BCUT2D eigenvalue weighted by atomic mass is 16.3. The number of nitrogens with two attached hydrogens (primary N) is 2. The van der Waals surface area contributed by atoms with Crippen molar-refractivity contribution in [2.24, 2.45) is 45.0 Å². The molecule has 2 saturated carbocycles. The van der Waals surface area contributed by atoms with E-state index >= 15 is 0 Å². The third-order valence-corrected chi connectivity index (χ3v) is 8.13. The Morgan fingerprint density at radius 3 is 2.61 bits per heavy atom. The summed E-state index contributed by atoms with van der Waals surface area (Å²) >= 11 is 0. The van der Waals surface area contributed by atoms with Crippen LogP contribution >= 0.6 is 0 Å². The number of carbonyl (C=O) groups is 1. The van der Waals surface area contributed by atoms with Gasteiger partial charge in [0, 0.05) is 31.6 Å². The van der Waals surface area contributed by atoms with E-state index in [1.807, 2.05) is 0 Å². The van der Waals surface area contributed by atoms with Gasteiger partial charge in [0.2, 0.25) is 0 Å². The van der Waals surface area contributed by atoms with E-state index in [1.165, 1.54) is 5.57 Å². The number of ketones is 1. The summed E-state index contributed by atoms with van der Waals surface area (Å²) in [6.07, 6.45) is 6.80. The number of guanidine groups is 1. The highest BCUT2D eigenvalue weighted by Gasteiger charge is 2.68. The van der Waals surface area contributed by atoms with Crippen molar-refractivity contribution >= 4 is 11.7 Å². The molecular formula is C22H37N3O3. The molecule has 4 unspecified atom stereocenters. The predicted octanol–water partition coefficient (Wildman–Crippen LogP) is 2.13. The molecule has 0 saturated heterocycles. The van der Waals surface area contributed by atoms with Crippen molar-refractivity contribution < 1.29 is 15.0 Å². The van der Waals surface area contributed by atoms with Gasteiger partial charge in [-0.3, -0.25) is 9.79 Å². The number of aliphatic imine (C=N–C) groups is 1. The molecule has 0 radical (unpaired) electrons. The van der Waals surface area contributed by atoms with E-state index < -0.39 is 0 Å². The Labute approximate surface area is 168 Å². The Balaban J connectivity index is 1.89. The van der Waals surface area contributed by atoms with E-state index in [2.05, 4.69) is 18.8 Å². The molecule has 2 bridgehead atoms. The van der Waals surface area contributed by atoms with Gasteiger partial charge in [0.15, 0.2) is 11.7 Å². The number of hydrogen-bond donors (Lipinski definition) is 4. The smallest absolute Gasteiger partial charge is 0.185 e. The van der Waals surface area contributed by atoms with Crippen molar-refractivity contribution in [2.75, 3.05) is 19.8 Å². The quantitative estimate of drug-likeness (QED) is 0.272. The SMILES string of the molecule is CC1(C)C2CC3=C(CCCCN=C(N)N)C(=O)CC31C(CCCO)C(CO)C2. The van der Waals surface area contributed by atoms with Crippen molar-refractivity contribution in [3.05, 3.63) is 11.1 Å². The minimum absolute atomic E-state index is 0.0594. The number of Topliss-reactive ketones (excluding diaryl/α,β-unsaturated/α-hetero) is 1. The second-order valence-corrected chi connectivity index (χ2v) is 9.57. The monoisotopic (exact) mass is 391 g/mol. The first-order valence-corrected chi connectivity index (χ1v) is 10.8. The fourth-order valence-corrected chi connectivity index (χ4v) is 6.74. The van der Waals surface area contributed by atoms with Gasteiger partial charge in [0.1, 0.15) is 0 Å². The summed E-state index contributed by atoms with van der Waals surface area (Å²) in [6, 6.07) is 0. The molecule has 158 valence electrons. The molecular weight excluding hydrogens is 354 g/mol. The second kappa shape index (κ2) is 8.15. The van der Waals surface area contributed by atoms with Crippen LogP contribution in [0.15, 0.2) is 16.1 Å². The molecule has 0 aromatic carbocycles. The predicted molar refractivity (Wildman–Crippen MR) is 111 cm³/mol. The number of allylic oxidation sites excluding steroid dienone is 2. The third kappa shape index (κ3) is 3.28. The fourth-order valence-electron chi connectivity index (χ4n) is 6.74. The Morgan fingerprint density at radius 2 is 1.96 bits per heavy atom. The van der Waals surface area contributed by atoms with Crippen LogP contribution in [0.25, 0.3) is 0 Å². The van der Waals surface area contributed by atoms with Gasteiger partial charge in [-0.2, -0.15) is 0 Å². The Kier molecular flexibility index (Phi) is 6.20. The van der Waals surface area contributed by atoms with Gasteiger partial charge >= 0.3 is 0 Å². The van der Waals surface area contributed by atoms with E-state index in [4.69, 9.17) is 11.5 Å². The van der Waals surface area contributed by atoms with Crippen molar-refractivity contribution in [3.63, 3.8) is 0 Å². The van der Waals surface area contributed by atoms with E-state index in [9.17, 15) is 15.0 Å². The lowest BCUT2D eigenvalue weighted by molar-refractivity contribution is -0.123. The van der Waals surface area contributed by atoms with Crippen LogP contribution in [-0.4, -0.2) is 41.7 Å². The second-order valence-electron chi connectivity index (χ2n) is 9.57. The standard InChI is InChI=1S/C22H37N3O3/c1-21(2)15-10-14(13-27)17(7-5-9-26)22(21)12-19(28)16(18(22)11-15)6-3-4-8-25-20(23)24/h14-15,17,26-27H,3-13H2,1-2H3,(H4,23,24,25). The summed E-state index contributed by atoms with van der Waals surface area (Å²) in [4.78, 5) is 17.2. The van der Waals surface area contributed by atoms with Gasteiger partial charge < -0.3 is 21.7 Å². The molecule has 1 spiro atoms. The Morgan fingerprint density at radius 1 is 1.21 bits per heavy atom. The van der Waals surface area contributed by atoms with E-state index in [0.29, 0.717) is 24.7 Å². The number of unbranched alkanes of at least 4 members (excludes halogenated alkanes) is 1. The largest absolute Gasteiger partial charge is 0.396 e. The highest BCUT2D eigenvalue weighted by Crippen LogP contribution is 2.74. The van der Waals surface area contributed by atoms with Crippen LogP contribution in [-0.2, 0) is 4.79 Å². The molecule has 28 heavy (non-hydrogen) atoms. The summed E-state index contributed by atoms with van der Waals surface area (Å²) < 4.78 is 0. The van der Waals surface area contributed by atoms with Crippen LogP contribution in [0, 0.1) is 28.6 Å². The van der Waals surface area contributed by atoms with Crippen LogP contribution in [0.3, 0.4) is 0 Å². The molecule has 4 atom stereocenters. The maximum atomic E-state index is 13.1. The number of hydrogen-bond acceptors (Lipinski definition) is 4. The average Bonchev–Trinajstić information content (AvgIpc) is 2.95. The summed E-state index contributed by atoms with van der Waals surface area (Å²) in [6.45, 7) is 5.61.